The molecule has 1 heterocycles. The molecule has 0 aromatic carbocycles. The molecule has 0 radical (unpaired) electrons. The minimum Gasteiger partial charge on any atom is -0.274 e. The summed E-state index contributed by atoms with van der Waals surface area (Å²) < 4.78 is 12.9. The van der Waals surface area contributed by atoms with E-state index in [-0.39, 0.29) is 5.56 Å². The van der Waals surface area contributed by atoms with Crippen molar-refractivity contribution in [3.63, 3.8) is 0 Å². The van der Waals surface area contributed by atoms with Gasteiger partial charge in [0.2, 0.25) is 5.95 Å². The molecule has 0 N–H and O–H groups in total. The van der Waals surface area contributed by atoms with Gasteiger partial charge in [0.15, 0.2) is 0 Å². The van der Waals surface area contributed by atoms with Crippen LogP contribution in [0.25, 0.3) is 0 Å². The Bertz CT molecular complexity index is 318. The lowest BCUT2D eigenvalue weighted by Gasteiger charge is -2.12. The molecular weight excluding hydrogens is 177 g/mol. The Balaban J connectivity index is 2.95. The maximum atomic E-state index is 12.9. The van der Waals surface area contributed by atoms with E-state index in [1.807, 2.05) is 0 Å². The molecule has 0 aliphatic carbocycles. The first-order chi connectivity index (χ1) is 6.16. The average molecular weight is 185 g/mol. The number of nitrogens with zero attached hydrogens (tertiary/aromatic N) is 3. The van der Waals surface area contributed by atoms with Gasteiger partial charge in [-0.15, -0.1) is 0 Å². The lowest BCUT2D eigenvalue weighted by Crippen LogP contribution is -2.26. The molecule has 0 fully saturated rings. The largest absolute Gasteiger partial charge is 0.283 e. The first kappa shape index (κ1) is 9.53. The van der Waals surface area contributed by atoms with Crippen molar-refractivity contribution in [1.29, 1.82) is 0 Å². The predicted molar refractivity (Wildman–Crippen MR) is 41.1 cm³/mol. The van der Waals surface area contributed by atoms with Gasteiger partial charge in [0.1, 0.15) is 11.9 Å². The SMILES string of the molecule is CON(C)C(=O)c1cncnc1F. The Morgan fingerprint density at radius 2 is 2.38 bits per heavy atom. The Morgan fingerprint density at radius 1 is 1.69 bits per heavy atom. The minimum absolute atomic E-state index is 0.216. The quantitative estimate of drug-likeness (QED) is 0.489. The lowest BCUT2D eigenvalue weighted by molar-refractivity contribution is -0.0760. The fraction of sp³-hybridized carbons (Fsp3) is 0.286. The van der Waals surface area contributed by atoms with E-state index in [1.54, 1.807) is 0 Å². The van der Waals surface area contributed by atoms with E-state index in [1.165, 1.54) is 14.2 Å². The predicted octanol–water partition coefficient (Wildman–Crippen LogP) is 0.249. The van der Waals surface area contributed by atoms with Gasteiger partial charge in [0, 0.05) is 13.2 Å². The molecule has 5 nitrogen and oxygen atoms in total. The number of amides is 1. The molecule has 0 unspecified atom stereocenters. The number of rotatable bonds is 2. The maximum absolute atomic E-state index is 12.9. The van der Waals surface area contributed by atoms with Crippen LogP contribution in [0.15, 0.2) is 12.5 Å². The van der Waals surface area contributed by atoms with Gasteiger partial charge < -0.3 is 0 Å². The molecule has 70 valence electrons. The van der Waals surface area contributed by atoms with Crippen molar-refractivity contribution in [3.05, 3.63) is 24.0 Å². The van der Waals surface area contributed by atoms with Crippen LogP contribution in [-0.4, -0.2) is 35.1 Å². The fourth-order valence-electron chi connectivity index (χ4n) is 0.711. The van der Waals surface area contributed by atoms with Crippen LogP contribution in [0.3, 0.4) is 0 Å². The van der Waals surface area contributed by atoms with Crippen molar-refractivity contribution >= 4 is 5.91 Å². The minimum atomic E-state index is -0.857. The first-order valence-electron chi connectivity index (χ1n) is 3.44. The van der Waals surface area contributed by atoms with Crippen molar-refractivity contribution in [2.45, 2.75) is 0 Å². The second kappa shape index (κ2) is 3.90. The third-order valence-corrected chi connectivity index (χ3v) is 1.45. The van der Waals surface area contributed by atoms with Gasteiger partial charge in [-0.2, -0.15) is 4.39 Å². The number of carbonyl (C=O) groups is 1. The van der Waals surface area contributed by atoms with Crippen molar-refractivity contribution in [1.82, 2.24) is 15.0 Å². The normalized spacial score (nSPS) is 9.77. The lowest BCUT2D eigenvalue weighted by atomic mass is 10.3. The van der Waals surface area contributed by atoms with Gasteiger partial charge in [-0.25, -0.2) is 15.0 Å². The second-order valence-electron chi connectivity index (χ2n) is 2.21. The number of hydrogen-bond acceptors (Lipinski definition) is 4. The van der Waals surface area contributed by atoms with E-state index in [9.17, 15) is 9.18 Å². The zero-order valence-corrected chi connectivity index (χ0v) is 7.19. The Hall–Kier alpha value is -1.56. The fourth-order valence-corrected chi connectivity index (χ4v) is 0.711. The molecule has 1 aromatic heterocycles. The summed E-state index contributed by atoms with van der Waals surface area (Å²) in [6, 6.07) is 0. The van der Waals surface area contributed by atoms with Gasteiger partial charge in [-0.05, 0) is 0 Å². The topological polar surface area (TPSA) is 55.3 Å². The Labute approximate surface area is 74.1 Å². The zero-order chi connectivity index (χ0) is 9.84. The van der Waals surface area contributed by atoms with E-state index in [4.69, 9.17) is 0 Å². The van der Waals surface area contributed by atoms with Crippen LogP contribution >= 0.6 is 0 Å². The number of hydrogen-bond donors (Lipinski definition) is 0. The van der Waals surface area contributed by atoms with Crippen molar-refractivity contribution < 1.29 is 14.0 Å². The number of hydroxylamine groups is 2. The summed E-state index contributed by atoms with van der Waals surface area (Å²) in [6.07, 6.45) is 2.12. The molecule has 0 aliphatic heterocycles. The maximum Gasteiger partial charge on any atom is 0.283 e. The van der Waals surface area contributed by atoms with Crippen LogP contribution in [-0.2, 0) is 4.84 Å². The van der Waals surface area contributed by atoms with Crippen LogP contribution in [0.2, 0.25) is 0 Å². The van der Waals surface area contributed by atoms with Crippen molar-refractivity contribution in [3.8, 4) is 0 Å². The van der Waals surface area contributed by atoms with E-state index in [0.717, 1.165) is 17.6 Å². The van der Waals surface area contributed by atoms with E-state index in [2.05, 4.69) is 14.8 Å². The highest BCUT2D eigenvalue weighted by Gasteiger charge is 2.16. The molecule has 1 rings (SSSR count). The standard InChI is InChI=1S/C7H8FN3O2/c1-11(13-2)7(12)5-3-9-4-10-6(5)8/h3-4H,1-2H3. The van der Waals surface area contributed by atoms with Crippen LogP contribution in [0.5, 0.6) is 0 Å². The summed E-state index contributed by atoms with van der Waals surface area (Å²) in [5, 5.41) is 0.891. The third-order valence-electron chi connectivity index (χ3n) is 1.45. The van der Waals surface area contributed by atoms with Crippen LogP contribution in [0, 0.1) is 5.95 Å². The molecule has 1 aromatic rings. The molecule has 13 heavy (non-hydrogen) atoms. The summed E-state index contributed by atoms with van der Waals surface area (Å²) in [7, 11) is 2.67. The number of aromatic nitrogens is 2. The highest BCUT2D eigenvalue weighted by Crippen LogP contribution is 2.04. The third kappa shape index (κ3) is 1.97. The molecule has 0 saturated carbocycles. The van der Waals surface area contributed by atoms with Crippen molar-refractivity contribution in [2.75, 3.05) is 14.2 Å². The van der Waals surface area contributed by atoms with E-state index >= 15 is 0 Å². The van der Waals surface area contributed by atoms with E-state index < -0.39 is 11.9 Å². The zero-order valence-electron chi connectivity index (χ0n) is 7.19. The van der Waals surface area contributed by atoms with Gasteiger partial charge in [-0.3, -0.25) is 9.63 Å². The number of halogens is 1. The van der Waals surface area contributed by atoms with Gasteiger partial charge in [0.05, 0.1) is 7.11 Å². The average Bonchev–Trinajstić information content (AvgIpc) is 2.16. The van der Waals surface area contributed by atoms with Crippen LogP contribution in [0.4, 0.5) is 4.39 Å². The molecule has 0 atom stereocenters. The molecule has 0 saturated heterocycles. The Kier molecular flexibility index (Phi) is 2.86. The summed E-state index contributed by atoms with van der Waals surface area (Å²) in [5.74, 6) is -1.48. The summed E-state index contributed by atoms with van der Waals surface area (Å²) in [5.41, 5.74) is -0.216. The molecule has 1 amide bonds. The second-order valence-corrected chi connectivity index (χ2v) is 2.21. The summed E-state index contributed by atoms with van der Waals surface area (Å²) in [6.45, 7) is 0. The monoisotopic (exact) mass is 185 g/mol. The van der Waals surface area contributed by atoms with E-state index in [0.29, 0.717) is 0 Å². The number of carbonyl (C=O) groups excluding carboxylic acids is 1. The first-order valence-corrected chi connectivity index (χ1v) is 3.44. The Morgan fingerprint density at radius 3 is 2.92 bits per heavy atom. The molecule has 6 heteroatoms. The highest BCUT2D eigenvalue weighted by atomic mass is 19.1. The molecule has 0 aliphatic rings. The van der Waals surface area contributed by atoms with Gasteiger partial charge >= 0.3 is 0 Å². The molecule has 0 spiro atoms. The molecule has 0 bridgehead atoms. The van der Waals surface area contributed by atoms with Gasteiger partial charge in [-0.1, -0.05) is 0 Å². The smallest absolute Gasteiger partial charge is 0.274 e. The van der Waals surface area contributed by atoms with Crippen LogP contribution in [0.1, 0.15) is 10.4 Å². The van der Waals surface area contributed by atoms with Gasteiger partial charge in [0.25, 0.3) is 5.91 Å². The van der Waals surface area contributed by atoms with Crippen LogP contribution < -0.4 is 0 Å². The van der Waals surface area contributed by atoms with Crippen molar-refractivity contribution in [2.24, 2.45) is 0 Å². The highest BCUT2D eigenvalue weighted by molar-refractivity contribution is 5.92. The molecular formula is C7H8FN3O2. The summed E-state index contributed by atoms with van der Waals surface area (Å²) in [4.78, 5) is 22.6. The summed E-state index contributed by atoms with van der Waals surface area (Å²) >= 11 is 0.